The molecule has 1 aromatic heterocycles. The highest BCUT2D eigenvalue weighted by Crippen LogP contribution is 2.28. The summed E-state index contributed by atoms with van der Waals surface area (Å²) in [5, 5.41) is 1.08. The molecule has 0 fully saturated rings. The van der Waals surface area contributed by atoms with Gasteiger partial charge in [0.25, 0.3) is 0 Å². The molecule has 0 aliphatic carbocycles. The molecule has 2 heterocycles. The van der Waals surface area contributed by atoms with Crippen molar-refractivity contribution < 1.29 is 4.79 Å². The largest absolute Gasteiger partial charge is 0.312 e. The smallest absolute Gasteiger partial charge is 0.227 e. The molecular formula is C16H18N2OS. The Morgan fingerprint density at radius 3 is 2.90 bits per heavy atom. The van der Waals surface area contributed by atoms with Crippen LogP contribution in [-0.4, -0.2) is 17.4 Å². The predicted octanol–water partition coefficient (Wildman–Crippen LogP) is 3.28. The summed E-state index contributed by atoms with van der Waals surface area (Å²) in [6.07, 6.45) is 2.34. The van der Waals surface area contributed by atoms with E-state index in [4.69, 9.17) is 0 Å². The summed E-state index contributed by atoms with van der Waals surface area (Å²) in [7, 11) is 0. The third kappa shape index (κ3) is 2.48. The van der Waals surface area contributed by atoms with Crippen molar-refractivity contribution in [1.29, 1.82) is 0 Å². The van der Waals surface area contributed by atoms with Crippen molar-refractivity contribution in [3.05, 3.63) is 45.4 Å². The van der Waals surface area contributed by atoms with E-state index in [0.717, 1.165) is 35.8 Å². The van der Waals surface area contributed by atoms with Crippen LogP contribution in [0.25, 0.3) is 0 Å². The summed E-state index contributed by atoms with van der Waals surface area (Å²) in [5.74, 6) is 0.223. The molecular weight excluding hydrogens is 268 g/mol. The molecule has 0 radical (unpaired) electrons. The molecule has 0 saturated carbocycles. The van der Waals surface area contributed by atoms with Gasteiger partial charge >= 0.3 is 0 Å². The Hall–Kier alpha value is -1.68. The number of carbonyl (C=O) groups is 1. The number of carbonyl (C=O) groups excluding carboxylic acids is 1. The quantitative estimate of drug-likeness (QED) is 0.867. The molecule has 0 atom stereocenters. The van der Waals surface area contributed by atoms with Crippen molar-refractivity contribution in [2.75, 3.05) is 11.4 Å². The van der Waals surface area contributed by atoms with Crippen LogP contribution in [-0.2, 0) is 17.6 Å². The van der Waals surface area contributed by atoms with Gasteiger partial charge in [-0.25, -0.2) is 4.98 Å². The van der Waals surface area contributed by atoms with E-state index >= 15 is 0 Å². The van der Waals surface area contributed by atoms with Gasteiger partial charge in [-0.1, -0.05) is 18.2 Å². The second-order valence-electron chi connectivity index (χ2n) is 5.17. The number of rotatable bonds is 3. The summed E-state index contributed by atoms with van der Waals surface area (Å²) in [6, 6.07) is 8.19. The summed E-state index contributed by atoms with van der Waals surface area (Å²) in [6.45, 7) is 4.85. The van der Waals surface area contributed by atoms with Crippen molar-refractivity contribution in [2.45, 2.75) is 33.1 Å². The number of hydrogen-bond acceptors (Lipinski definition) is 3. The molecule has 4 heteroatoms. The monoisotopic (exact) mass is 286 g/mol. The van der Waals surface area contributed by atoms with E-state index in [1.54, 1.807) is 11.3 Å². The van der Waals surface area contributed by atoms with Gasteiger partial charge in [-0.05, 0) is 38.3 Å². The molecule has 2 aromatic rings. The van der Waals surface area contributed by atoms with Gasteiger partial charge in [0.15, 0.2) is 0 Å². The highest BCUT2D eigenvalue weighted by atomic mass is 32.1. The first-order valence-electron chi connectivity index (χ1n) is 6.96. The summed E-state index contributed by atoms with van der Waals surface area (Å²) in [4.78, 5) is 20.0. The lowest BCUT2D eigenvalue weighted by molar-refractivity contribution is -0.118. The normalized spacial score (nSPS) is 13.6. The van der Waals surface area contributed by atoms with E-state index in [9.17, 15) is 4.79 Å². The first-order valence-corrected chi connectivity index (χ1v) is 7.78. The van der Waals surface area contributed by atoms with Crippen molar-refractivity contribution in [3.63, 3.8) is 0 Å². The van der Waals surface area contributed by atoms with Gasteiger partial charge in [-0.15, -0.1) is 11.3 Å². The topological polar surface area (TPSA) is 33.2 Å². The standard InChI is InChI=1S/C16H18N2OS/c1-11-15(20-12(2)17-11)7-8-16(19)18-10-9-13-5-3-4-6-14(13)18/h3-6H,7-10H2,1-2H3. The van der Waals surface area contributed by atoms with E-state index in [1.807, 2.05) is 36.9 Å². The maximum atomic E-state index is 12.4. The number of para-hydroxylation sites is 1. The minimum absolute atomic E-state index is 0.223. The number of anilines is 1. The fourth-order valence-corrected chi connectivity index (χ4v) is 3.69. The SMILES string of the molecule is Cc1nc(C)c(CCC(=O)N2CCc3ccccc32)s1. The minimum Gasteiger partial charge on any atom is -0.312 e. The Morgan fingerprint density at radius 2 is 2.15 bits per heavy atom. The van der Waals surface area contributed by atoms with Crippen LogP contribution in [0.1, 0.15) is 27.6 Å². The fraction of sp³-hybridized carbons (Fsp3) is 0.375. The molecule has 1 aliphatic heterocycles. The number of hydrogen-bond donors (Lipinski definition) is 0. The molecule has 104 valence electrons. The van der Waals surface area contributed by atoms with Gasteiger partial charge < -0.3 is 4.90 Å². The molecule has 1 aromatic carbocycles. The number of thiazole rings is 1. The van der Waals surface area contributed by atoms with E-state index in [2.05, 4.69) is 11.1 Å². The molecule has 0 unspecified atom stereocenters. The Labute approximate surface area is 123 Å². The van der Waals surface area contributed by atoms with E-state index < -0.39 is 0 Å². The molecule has 3 rings (SSSR count). The Kier molecular flexibility index (Phi) is 3.57. The number of aromatic nitrogens is 1. The van der Waals surface area contributed by atoms with Crippen molar-refractivity contribution in [1.82, 2.24) is 4.98 Å². The van der Waals surface area contributed by atoms with Crippen LogP contribution in [0.15, 0.2) is 24.3 Å². The van der Waals surface area contributed by atoms with Crippen LogP contribution in [0.5, 0.6) is 0 Å². The second kappa shape index (κ2) is 5.37. The Morgan fingerprint density at radius 1 is 1.35 bits per heavy atom. The highest BCUT2D eigenvalue weighted by molar-refractivity contribution is 7.11. The third-order valence-electron chi connectivity index (χ3n) is 3.75. The van der Waals surface area contributed by atoms with E-state index in [1.165, 1.54) is 10.4 Å². The first kappa shape index (κ1) is 13.3. The zero-order valence-corrected chi connectivity index (χ0v) is 12.7. The van der Waals surface area contributed by atoms with E-state index in [0.29, 0.717) is 6.42 Å². The van der Waals surface area contributed by atoms with Gasteiger partial charge in [0.05, 0.1) is 10.7 Å². The maximum absolute atomic E-state index is 12.4. The number of amides is 1. The molecule has 1 amide bonds. The lowest BCUT2D eigenvalue weighted by Gasteiger charge is -2.17. The van der Waals surface area contributed by atoms with Crippen LogP contribution in [0, 0.1) is 13.8 Å². The summed E-state index contributed by atoms with van der Waals surface area (Å²) in [5.41, 5.74) is 3.45. The second-order valence-corrected chi connectivity index (χ2v) is 6.45. The van der Waals surface area contributed by atoms with E-state index in [-0.39, 0.29) is 5.91 Å². The van der Waals surface area contributed by atoms with Crippen molar-refractivity contribution >= 4 is 22.9 Å². The summed E-state index contributed by atoms with van der Waals surface area (Å²) >= 11 is 1.70. The molecule has 0 bridgehead atoms. The number of aryl methyl sites for hydroxylation is 3. The highest BCUT2D eigenvalue weighted by Gasteiger charge is 2.23. The Balaban J connectivity index is 1.68. The van der Waals surface area contributed by atoms with Crippen LogP contribution < -0.4 is 4.90 Å². The molecule has 20 heavy (non-hydrogen) atoms. The van der Waals surface area contributed by atoms with Gasteiger partial charge in [-0.3, -0.25) is 4.79 Å². The average Bonchev–Trinajstić information content (AvgIpc) is 2.99. The molecule has 0 N–H and O–H groups in total. The minimum atomic E-state index is 0.223. The van der Waals surface area contributed by atoms with Crippen LogP contribution >= 0.6 is 11.3 Å². The summed E-state index contributed by atoms with van der Waals surface area (Å²) < 4.78 is 0. The van der Waals surface area contributed by atoms with Crippen LogP contribution in [0.2, 0.25) is 0 Å². The van der Waals surface area contributed by atoms with Crippen molar-refractivity contribution in [2.24, 2.45) is 0 Å². The zero-order chi connectivity index (χ0) is 14.1. The van der Waals surface area contributed by atoms with Crippen molar-refractivity contribution in [3.8, 4) is 0 Å². The van der Waals surface area contributed by atoms with Gasteiger partial charge in [-0.2, -0.15) is 0 Å². The number of benzene rings is 1. The molecule has 1 aliphatic rings. The molecule has 0 saturated heterocycles. The zero-order valence-electron chi connectivity index (χ0n) is 11.8. The Bertz CT molecular complexity index is 648. The average molecular weight is 286 g/mol. The first-order chi connectivity index (χ1) is 9.65. The van der Waals surface area contributed by atoms with Gasteiger partial charge in [0.2, 0.25) is 5.91 Å². The predicted molar refractivity (Wildman–Crippen MR) is 82.4 cm³/mol. The fourth-order valence-electron chi connectivity index (χ4n) is 2.76. The molecule has 0 spiro atoms. The van der Waals surface area contributed by atoms with Gasteiger partial charge in [0, 0.05) is 23.5 Å². The maximum Gasteiger partial charge on any atom is 0.227 e. The number of nitrogens with zero attached hydrogens (tertiary/aromatic N) is 2. The molecule has 3 nitrogen and oxygen atoms in total. The van der Waals surface area contributed by atoms with Gasteiger partial charge in [0.1, 0.15) is 0 Å². The number of fused-ring (bicyclic) bond motifs is 1. The van der Waals surface area contributed by atoms with Crippen LogP contribution in [0.4, 0.5) is 5.69 Å². The lowest BCUT2D eigenvalue weighted by Crippen LogP contribution is -2.28. The third-order valence-corrected chi connectivity index (χ3v) is 4.89. The van der Waals surface area contributed by atoms with Crippen LogP contribution in [0.3, 0.4) is 0 Å². The lowest BCUT2D eigenvalue weighted by atomic mass is 10.2.